The summed E-state index contributed by atoms with van der Waals surface area (Å²) >= 11 is 0. The number of fused-ring (bicyclic) bond motifs is 2. The van der Waals surface area contributed by atoms with Gasteiger partial charge in [0.25, 0.3) is 5.56 Å². The molecular formula is C11H17N5O2. The van der Waals surface area contributed by atoms with E-state index in [0.29, 0.717) is 12.4 Å². The minimum absolute atomic E-state index is 0.107. The molecule has 7 heteroatoms. The summed E-state index contributed by atoms with van der Waals surface area (Å²) in [5.41, 5.74) is 5.53. The van der Waals surface area contributed by atoms with Gasteiger partial charge >= 0.3 is 5.69 Å². The van der Waals surface area contributed by atoms with E-state index >= 15 is 0 Å². The van der Waals surface area contributed by atoms with Gasteiger partial charge in [-0.3, -0.25) is 13.9 Å². The van der Waals surface area contributed by atoms with Crippen LogP contribution in [0, 0.1) is 0 Å². The number of hydrogen-bond donors (Lipinski definition) is 2. The van der Waals surface area contributed by atoms with Gasteiger partial charge in [-0.2, -0.15) is 0 Å². The van der Waals surface area contributed by atoms with Crippen LogP contribution in [0.15, 0.2) is 9.59 Å². The molecule has 18 heavy (non-hydrogen) atoms. The summed E-state index contributed by atoms with van der Waals surface area (Å²) in [5.74, 6) is 0.604. The Bertz CT molecular complexity index is 597. The lowest BCUT2D eigenvalue weighted by atomic mass is 10.3. The molecule has 1 aromatic rings. The van der Waals surface area contributed by atoms with Crippen molar-refractivity contribution < 1.29 is 0 Å². The standard InChI is InChI=1S/C11H17N5O2/c1-7-6-15-9(14-4-2-13-3-5-14)8(12)10(17)16(7)11(15)18/h7,13H,2-6,12H2,1H3. The lowest BCUT2D eigenvalue weighted by Crippen LogP contribution is -2.47. The highest BCUT2D eigenvalue weighted by Crippen LogP contribution is 2.24. The van der Waals surface area contributed by atoms with Gasteiger partial charge in [0.15, 0.2) is 0 Å². The Hall–Kier alpha value is -1.76. The van der Waals surface area contributed by atoms with Crippen molar-refractivity contribution in [2.24, 2.45) is 0 Å². The van der Waals surface area contributed by atoms with E-state index in [1.54, 1.807) is 4.57 Å². The van der Waals surface area contributed by atoms with Crippen LogP contribution in [0.3, 0.4) is 0 Å². The molecule has 3 rings (SSSR count). The molecule has 1 fully saturated rings. The molecule has 1 aromatic heterocycles. The van der Waals surface area contributed by atoms with E-state index in [2.05, 4.69) is 5.32 Å². The minimum Gasteiger partial charge on any atom is -0.391 e. The van der Waals surface area contributed by atoms with Crippen LogP contribution in [0.25, 0.3) is 0 Å². The molecule has 0 radical (unpaired) electrons. The predicted octanol–water partition coefficient (Wildman–Crippen LogP) is -1.42. The van der Waals surface area contributed by atoms with E-state index in [1.165, 1.54) is 4.57 Å². The number of nitrogens with two attached hydrogens (primary N) is 1. The number of nitrogen functional groups attached to an aromatic ring is 1. The molecule has 2 bridgehead atoms. The lowest BCUT2D eigenvalue weighted by molar-refractivity contribution is 0.530. The van der Waals surface area contributed by atoms with Crippen LogP contribution in [0.5, 0.6) is 0 Å². The summed E-state index contributed by atoms with van der Waals surface area (Å²) in [6.45, 7) is 5.61. The van der Waals surface area contributed by atoms with E-state index in [0.717, 1.165) is 26.2 Å². The van der Waals surface area contributed by atoms with Gasteiger partial charge in [-0.05, 0) is 6.92 Å². The Morgan fingerprint density at radius 3 is 2.61 bits per heavy atom. The number of anilines is 2. The first-order valence-electron chi connectivity index (χ1n) is 6.21. The van der Waals surface area contributed by atoms with Crippen molar-refractivity contribution in [2.75, 3.05) is 36.8 Å². The van der Waals surface area contributed by atoms with Gasteiger partial charge in [0.05, 0.1) is 6.04 Å². The Balaban J connectivity index is 2.19. The fourth-order valence-electron chi connectivity index (χ4n) is 2.80. The largest absolute Gasteiger partial charge is 0.391 e. The molecule has 3 heterocycles. The molecule has 3 N–H and O–H groups in total. The molecular weight excluding hydrogens is 234 g/mol. The zero-order valence-corrected chi connectivity index (χ0v) is 10.3. The third-order valence-electron chi connectivity index (χ3n) is 3.69. The highest BCUT2D eigenvalue weighted by molar-refractivity contribution is 5.63. The molecule has 0 amide bonds. The molecule has 1 unspecified atom stereocenters. The monoisotopic (exact) mass is 251 g/mol. The molecule has 1 atom stereocenters. The second-order valence-corrected chi connectivity index (χ2v) is 4.89. The average molecular weight is 251 g/mol. The average Bonchev–Trinajstić information content (AvgIpc) is 2.60. The van der Waals surface area contributed by atoms with Gasteiger partial charge < -0.3 is 16.0 Å². The van der Waals surface area contributed by atoms with Crippen molar-refractivity contribution in [2.45, 2.75) is 19.5 Å². The van der Waals surface area contributed by atoms with Crippen LogP contribution >= 0.6 is 0 Å². The zero-order valence-electron chi connectivity index (χ0n) is 10.3. The second-order valence-electron chi connectivity index (χ2n) is 4.89. The summed E-state index contributed by atoms with van der Waals surface area (Å²) in [4.78, 5) is 26.2. The Labute approximate surface area is 104 Å². The van der Waals surface area contributed by atoms with Crippen molar-refractivity contribution >= 4 is 11.5 Å². The third kappa shape index (κ3) is 1.40. The molecule has 0 spiro atoms. The molecule has 2 aliphatic heterocycles. The maximum atomic E-state index is 12.1. The minimum atomic E-state index is -0.352. The predicted molar refractivity (Wildman–Crippen MR) is 69.2 cm³/mol. The maximum absolute atomic E-state index is 12.1. The van der Waals surface area contributed by atoms with E-state index in [9.17, 15) is 9.59 Å². The zero-order chi connectivity index (χ0) is 12.9. The Morgan fingerprint density at radius 2 is 1.94 bits per heavy atom. The van der Waals surface area contributed by atoms with Gasteiger partial charge in [0, 0.05) is 32.7 Å². The summed E-state index contributed by atoms with van der Waals surface area (Å²) in [5, 5.41) is 3.24. The molecule has 0 aromatic carbocycles. The van der Waals surface area contributed by atoms with Crippen LogP contribution in [0.4, 0.5) is 11.5 Å². The number of aromatic nitrogens is 2. The van der Waals surface area contributed by atoms with Gasteiger partial charge in [-0.25, -0.2) is 4.79 Å². The van der Waals surface area contributed by atoms with Crippen LogP contribution in [-0.2, 0) is 6.54 Å². The number of nitrogens with zero attached hydrogens (tertiary/aromatic N) is 3. The molecule has 98 valence electrons. The topological polar surface area (TPSA) is 85.3 Å². The first-order chi connectivity index (χ1) is 8.61. The van der Waals surface area contributed by atoms with Crippen molar-refractivity contribution in [1.29, 1.82) is 0 Å². The molecule has 2 aliphatic rings. The van der Waals surface area contributed by atoms with Crippen molar-refractivity contribution in [3.05, 3.63) is 20.8 Å². The second kappa shape index (κ2) is 3.88. The number of rotatable bonds is 1. The van der Waals surface area contributed by atoms with Crippen molar-refractivity contribution in [1.82, 2.24) is 14.5 Å². The molecule has 0 aliphatic carbocycles. The highest BCUT2D eigenvalue weighted by Gasteiger charge is 2.30. The quantitative estimate of drug-likeness (QED) is 0.639. The van der Waals surface area contributed by atoms with Crippen LogP contribution in [-0.4, -0.2) is 35.3 Å². The third-order valence-corrected chi connectivity index (χ3v) is 3.69. The normalized spacial score (nSPS) is 22.5. The SMILES string of the molecule is CC1Cn2c(N3CCNCC3)c(N)c(=O)n1c2=O. The lowest BCUT2D eigenvalue weighted by Gasteiger charge is -2.30. The number of hydrogen-bond acceptors (Lipinski definition) is 5. The molecule has 1 saturated heterocycles. The summed E-state index contributed by atoms with van der Waals surface area (Å²) in [6.07, 6.45) is 0. The van der Waals surface area contributed by atoms with Crippen molar-refractivity contribution in [3.63, 3.8) is 0 Å². The maximum Gasteiger partial charge on any atom is 0.333 e. The first-order valence-corrected chi connectivity index (χ1v) is 6.21. The van der Waals surface area contributed by atoms with E-state index in [1.807, 2.05) is 11.8 Å². The van der Waals surface area contributed by atoms with Crippen LogP contribution < -0.4 is 27.2 Å². The Morgan fingerprint density at radius 1 is 1.28 bits per heavy atom. The summed E-state index contributed by atoms with van der Waals surface area (Å²) in [6, 6.07) is -0.107. The molecule has 7 nitrogen and oxygen atoms in total. The van der Waals surface area contributed by atoms with Crippen molar-refractivity contribution in [3.8, 4) is 0 Å². The number of piperazine rings is 1. The van der Waals surface area contributed by atoms with Gasteiger partial charge in [-0.1, -0.05) is 0 Å². The van der Waals surface area contributed by atoms with Gasteiger partial charge in [0.1, 0.15) is 11.5 Å². The van der Waals surface area contributed by atoms with Crippen LogP contribution in [0.1, 0.15) is 13.0 Å². The summed E-state index contributed by atoms with van der Waals surface area (Å²) < 4.78 is 2.88. The fourth-order valence-corrected chi connectivity index (χ4v) is 2.80. The Kier molecular flexibility index (Phi) is 2.44. The van der Waals surface area contributed by atoms with Crippen LogP contribution in [0.2, 0.25) is 0 Å². The highest BCUT2D eigenvalue weighted by atomic mass is 16.2. The first kappa shape index (κ1) is 11.3. The van der Waals surface area contributed by atoms with Gasteiger partial charge in [-0.15, -0.1) is 0 Å². The fraction of sp³-hybridized carbons (Fsp3) is 0.636. The molecule has 0 saturated carbocycles. The van der Waals surface area contributed by atoms with E-state index < -0.39 is 0 Å². The summed E-state index contributed by atoms with van der Waals surface area (Å²) in [7, 11) is 0. The number of nitrogens with one attached hydrogen (secondary N) is 1. The van der Waals surface area contributed by atoms with Gasteiger partial charge in [0.2, 0.25) is 0 Å². The smallest absolute Gasteiger partial charge is 0.333 e. The van der Waals surface area contributed by atoms with E-state index in [4.69, 9.17) is 5.73 Å². The van der Waals surface area contributed by atoms with E-state index in [-0.39, 0.29) is 23.0 Å².